The van der Waals surface area contributed by atoms with Gasteiger partial charge in [-0.2, -0.15) is 0 Å². The van der Waals surface area contributed by atoms with Gasteiger partial charge in [0.15, 0.2) is 0 Å². The van der Waals surface area contributed by atoms with E-state index < -0.39 is 0 Å². The van der Waals surface area contributed by atoms with Crippen LogP contribution in [0.3, 0.4) is 0 Å². The topological polar surface area (TPSA) is 12.0 Å². The normalized spacial score (nSPS) is 12.3. The molecule has 0 fully saturated rings. The second kappa shape index (κ2) is 6.29. The summed E-state index contributed by atoms with van der Waals surface area (Å²) in [5.74, 6) is 0. The predicted molar refractivity (Wildman–Crippen MR) is 72.4 cm³/mol. The summed E-state index contributed by atoms with van der Waals surface area (Å²) >= 11 is 12.0. The maximum atomic E-state index is 6.13. The van der Waals surface area contributed by atoms with E-state index in [0.717, 1.165) is 17.0 Å². The largest absolute Gasteiger partial charge is 0.313 e. The van der Waals surface area contributed by atoms with E-state index in [4.69, 9.17) is 23.2 Å². The number of benzene rings is 1. The van der Waals surface area contributed by atoms with Gasteiger partial charge in [-0.15, -0.1) is 0 Å². The fourth-order valence-electron chi connectivity index (χ4n) is 1.57. The van der Waals surface area contributed by atoms with Gasteiger partial charge in [-0.25, -0.2) is 0 Å². The molecule has 1 rings (SSSR count). The second-order valence-corrected chi connectivity index (χ2v) is 4.92. The highest BCUT2D eigenvalue weighted by atomic mass is 35.5. The van der Waals surface area contributed by atoms with Gasteiger partial charge >= 0.3 is 0 Å². The van der Waals surface area contributed by atoms with Crippen LogP contribution in [0.25, 0.3) is 0 Å². The van der Waals surface area contributed by atoms with Crippen LogP contribution in [0.2, 0.25) is 10.0 Å². The third-order valence-electron chi connectivity index (χ3n) is 2.36. The van der Waals surface area contributed by atoms with Crippen LogP contribution in [0.4, 0.5) is 0 Å². The summed E-state index contributed by atoms with van der Waals surface area (Å²) in [6.45, 7) is 4.18. The third kappa shape index (κ3) is 4.17. The molecular formula is C13H17Cl2N. The van der Waals surface area contributed by atoms with Crippen molar-refractivity contribution < 1.29 is 0 Å². The van der Waals surface area contributed by atoms with Crippen molar-refractivity contribution >= 4 is 23.2 Å². The lowest BCUT2D eigenvalue weighted by molar-refractivity contribution is 0.660. The Morgan fingerprint density at radius 3 is 2.56 bits per heavy atom. The Bertz CT molecular complexity index is 382. The molecule has 1 N–H and O–H groups in total. The average molecular weight is 258 g/mol. The monoisotopic (exact) mass is 257 g/mol. The lowest BCUT2D eigenvalue weighted by Crippen LogP contribution is -2.25. The summed E-state index contributed by atoms with van der Waals surface area (Å²) in [4.78, 5) is 0. The molecule has 0 spiro atoms. The van der Waals surface area contributed by atoms with Crippen molar-refractivity contribution in [2.24, 2.45) is 0 Å². The maximum Gasteiger partial charge on any atom is 0.0453 e. The molecule has 1 nitrogen and oxygen atoms in total. The molecule has 0 radical (unpaired) electrons. The minimum atomic E-state index is 0.309. The van der Waals surface area contributed by atoms with Gasteiger partial charge in [0.05, 0.1) is 0 Å². The maximum absolute atomic E-state index is 6.13. The molecule has 1 unspecified atom stereocenters. The lowest BCUT2D eigenvalue weighted by atomic mass is 10.0. The fraction of sp³-hybridized carbons (Fsp3) is 0.385. The van der Waals surface area contributed by atoms with Crippen LogP contribution < -0.4 is 5.32 Å². The first-order chi connectivity index (χ1) is 7.52. The van der Waals surface area contributed by atoms with E-state index in [1.165, 1.54) is 5.57 Å². The van der Waals surface area contributed by atoms with E-state index in [1.54, 1.807) is 6.07 Å². The van der Waals surface area contributed by atoms with E-state index in [9.17, 15) is 0 Å². The zero-order valence-electron chi connectivity index (χ0n) is 9.85. The molecule has 0 aliphatic heterocycles. The van der Waals surface area contributed by atoms with Crippen molar-refractivity contribution in [1.29, 1.82) is 0 Å². The number of likely N-dealkylation sites (N-methyl/N-ethyl adjacent to an activating group) is 1. The van der Waals surface area contributed by atoms with Crippen LogP contribution in [0.1, 0.15) is 19.4 Å². The van der Waals surface area contributed by atoms with E-state index in [-0.39, 0.29) is 0 Å². The van der Waals surface area contributed by atoms with Crippen LogP contribution in [0.15, 0.2) is 29.8 Å². The molecule has 0 heterocycles. The Kier molecular flexibility index (Phi) is 5.33. The Balaban J connectivity index is 2.82. The first kappa shape index (κ1) is 13.6. The molecule has 88 valence electrons. The Hall–Kier alpha value is -0.500. The van der Waals surface area contributed by atoms with E-state index in [1.807, 2.05) is 19.2 Å². The lowest BCUT2D eigenvalue weighted by Gasteiger charge is -2.14. The summed E-state index contributed by atoms with van der Waals surface area (Å²) in [6.07, 6.45) is 3.07. The molecule has 0 aliphatic carbocycles. The molecule has 0 saturated heterocycles. The molecule has 3 heteroatoms. The molecule has 0 aliphatic rings. The minimum absolute atomic E-state index is 0.309. The minimum Gasteiger partial charge on any atom is -0.313 e. The zero-order chi connectivity index (χ0) is 12.1. The summed E-state index contributed by atoms with van der Waals surface area (Å²) in [6, 6.07) is 5.95. The number of allylic oxidation sites excluding steroid dienone is 1. The molecule has 0 saturated carbocycles. The smallest absolute Gasteiger partial charge is 0.0453 e. The highest BCUT2D eigenvalue weighted by Crippen LogP contribution is 2.22. The van der Waals surface area contributed by atoms with E-state index in [0.29, 0.717) is 11.1 Å². The van der Waals surface area contributed by atoms with Crippen LogP contribution in [-0.4, -0.2) is 13.1 Å². The van der Waals surface area contributed by atoms with Gasteiger partial charge in [0.25, 0.3) is 0 Å². The van der Waals surface area contributed by atoms with Crippen molar-refractivity contribution in [2.45, 2.75) is 26.3 Å². The molecule has 1 aromatic rings. The highest BCUT2D eigenvalue weighted by Gasteiger charge is 2.07. The Morgan fingerprint density at radius 1 is 1.38 bits per heavy atom. The fourth-order valence-corrected chi connectivity index (χ4v) is 2.06. The molecule has 0 aromatic heterocycles. The van der Waals surface area contributed by atoms with Crippen molar-refractivity contribution in [3.05, 3.63) is 45.5 Å². The van der Waals surface area contributed by atoms with Crippen LogP contribution >= 0.6 is 23.2 Å². The van der Waals surface area contributed by atoms with Crippen LogP contribution in [0.5, 0.6) is 0 Å². The first-order valence-corrected chi connectivity index (χ1v) is 6.04. The first-order valence-electron chi connectivity index (χ1n) is 5.29. The SMILES string of the molecule is CNC(C=C(C)C)Cc1ccc(Cl)cc1Cl. The number of halogens is 2. The van der Waals surface area contributed by atoms with Gasteiger partial charge in [-0.3, -0.25) is 0 Å². The molecule has 1 aromatic carbocycles. The number of rotatable bonds is 4. The van der Waals surface area contributed by atoms with Gasteiger partial charge in [-0.1, -0.05) is 40.9 Å². The molecule has 0 amide bonds. The Morgan fingerprint density at radius 2 is 2.06 bits per heavy atom. The summed E-state index contributed by atoms with van der Waals surface area (Å²) in [5.41, 5.74) is 2.41. The quantitative estimate of drug-likeness (QED) is 0.802. The Labute approximate surface area is 107 Å². The van der Waals surface area contributed by atoms with Gasteiger partial charge in [-0.05, 0) is 45.0 Å². The number of nitrogens with one attached hydrogen (secondary N) is 1. The average Bonchev–Trinajstić information content (AvgIpc) is 2.20. The number of hydrogen-bond donors (Lipinski definition) is 1. The van der Waals surface area contributed by atoms with Crippen molar-refractivity contribution in [3.8, 4) is 0 Å². The standard InChI is InChI=1S/C13H17Cl2N/c1-9(2)6-12(16-3)7-10-4-5-11(14)8-13(10)15/h4-6,8,12,16H,7H2,1-3H3. The van der Waals surface area contributed by atoms with Crippen LogP contribution in [0, 0.1) is 0 Å². The summed E-state index contributed by atoms with van der Waals surface area (Å²) < 4.78 is 0. The van der Waals surface area contributed by atoms with Crippen LogP contribution in [-0.2, 0) is 6.42 Å². The van der Waals surface area contributed by atoms with E-state index in [2.05, 4.69) is 25.2 Å². The van der Waals surface area contributed by atoms with Crippen molar-refractivity contribution in [1.82, 2.24) is 5.32 Å². The third-order valence-corrected chi connectivity index (χ3v) is 2.95. The zero-order valence-corrected chi connectivity index (χ0v) is 11.4. The molecular weight excluding hydrogens is 241 g/mol. The highest BCUT2D eigenvalue weighted by molar-refractivity contribution is 6.35. The van der Waals surface area contributed by atoms with Gasteiger partial charge in [0.1, 0.15) is 0 Å². The van der Waals surface area contributed by atoms with Crippen molar-refractivity contribution in [3.63, 3.8) is 0 Å². The summed E-state index contributed by atoms with van der Waals surface area (Å²) in [7, 11) is 1.95. The van der Waals surface area contributed by atoms with E-state index >= 15 is 0 Å². The summed E-state index contributed by atoms with van der Waals surface area (Å²) in [5, 5.41) is 4.66. The molecule has 1 atom stereocenters. The van der Waals surface area contributed by atoms with Gasteiger partial charge < -0.3 is 5.32 Å². The molecule has 0 bridgehead atoms. The predicted octanol–water partition coefficient (Wildman–Crippen LogP) is 4.09. The van der Waals surface area contributed by atoms with Gasteiger partial charge in [0, 0.05) is 16.1 Å². The van der Waals surface area contributed by atoms with Crippen molar-refractivity contribution in [2.75, 3.05) is 7.05 Å². The second-order valence-electron chi connectivity index (χ2n) is 4.08. The molecule has 16 heavy (non-hydrogen) atoms. The number of hydrogen-bond acceptors (Lipinski definition) is 1. The van der Waals surface area contributed by atoms with Gasteiger partial charge in [0.2, 0.25) is 0 Å².